The van der Waals surface area contributed by atoms with Gasteiger partial charge in [0.1, 0.15) is 5.54 Å². The van der Waals surface area contributed by atoms with Gasteiger partial charge in [0, 0.05) is 0 Å². The average Bonchev–Trinajstić information content (AvgIpc) is 2.76. The van der Waals surface area contributed by atoms with Crippen LogP contribution in [0.25, 0.3) is 0 Å². The molecule has 1 fully saturated rings. The van der Waals surface area contributed by atoms with Gasteiger partial charge in [0.25, 0.3) is 0 Å². The smallest absolute Gasteiger partial charge is 0.127 e. The molecule has 0 amide bonds. The fourth-order valence-electron chi connectivity index (χ4n) is 1.86. The standard InChI is InChI=1S/C12H22N2O/c1-3-8-14-12(2,9-13)10-15-11-6-4-5-7-11/h11,14H,3-8,10H2,1-2H3. The van der Waals surface area contributed by atoms with E-state index in [4.69, 9.17) is 10.00 Å². The molecule has 1 rings (SSSR count). The van der Waals surface area contributed by atoms with E-state index in [2.05, 4.69) is 18.3 Å². The minimum Gasteiger partial charge on any atom is -0.375 e. The monoisotopic (exact) mass is 210 g/mol. The van der Waals surface area contributed by atoms with Crippen LogP contribution in [0.4, 0.5) is 0 Å². The molecule has 0 spiro atoms. The average molecular weight is 210 g/mol. The lowest BCUT2D eigenvalue weighted by Gasteiger charge is -2.24. The van der Waals surface area contributed by atoms with Crippen molar-refractivity contribution in [1.82, 2.24) is 5.32 Å². The largest absolute Gasteiger partial charge is 0.375 e. The topological polar surface area (TPSA) is 45.0 Å². The lowest BCUT2D eigenvalue weighted by molar-refractivity contribution is 0.0316. The van der Waals surface area contributed by atoms with Crippen LogP contribution in [0.2, 0.25) is 0 Å². The first kappa shape index (κ1) is 12.5. The van der Waals surface area contributed by atoms with Gasteiger partial charge in [-0.1, -0.05) is 19.8 Å². The van der Waals surface area contributed by atoms with Crippen LogP contribution >= 0.6 is 0 Å². The number of nitriles is 1. The van der Waals surface area contributed by atoms with Crippen molar-refractivity contribution in [2.45, 2.75) is 57.6 Å². The summed E-state index contributed by atoms with van der Waals surface area (Å²) in [4.78, 5) is 0. The molecule has 1 aliphatic rings. The number of hydrogen-bond acceptors (Lipinski definition) is 3. The molecule has 0 aromatic rings. The molecule has 3 nitrogen and oxygen atoms in total. The Morgan fingerprint density at radius 1 is 1.47 bits per heavy atom. The van der Waals surface area contributed by atoms with Crippen molar-refractivity contribution in [3.8, 4) is 6.07 Å². The third-order valence-electron chi connectivity index (χ3n) is 2.92. The van der Waals surface area contributed by atoms with E-state index >= 15 is 0 Å². The molecular weight excluding hydrogens is 188 g/mol. The number of nitrogens with zero attached hydrogens (tertiary/aromatic N) is 1. The predicted octanol–water partition coefficient (Wildman–Crippen LogP) is 2.23. The molecule has 1 aliphatic carbocycles. The van der Waals surface area contributed by atoms with Crippen molar-refractivity contribution in [1.29, 1.82) is 5.26 Å². The summed E-state index contributed by atoms with van der Waals surface area (Å²) >= 11 is 0. The lowest BCUT2D eigenvalue weighted by atomic mass is 10.1. The highest BCUT2D eigenvalue weighted by Crippen LogP contribution is 2.21. The zero-order chi connectivity index (χ0) is 11.1. The quantitative estimate of drug-likeness (QED) is 0.731. The second-order valence-corrected chi connectivity index (χ2v) is 4.59. The molecular formula is C12H22N2O. The highest BCUT2D eigenvalue weighted by atomic mass is 16.5. The molecule has 15 heavy (non-hydrogen) atoms. The van der Waals surface area contributed by atoms with Crippen LogP contribution < -0.4 is 5.32 Å². The van der Waals surface area contributed by atoms with Crippen LogP contribution in [-0.2, 0) is 4.74 Å². The minimum atomic E-state index is -0.515. The molecule has 0 saturated heterocycles. The summed E-state index contributed by atoms with van der Waals surface area (Å²) in [6.45, 7) is 5.40. The van der Waals surface area contributed by atoms with Crippen LogP contribution in [0, 0.1) is 11.3 Å². The number of hydrogen-bond donors (Lipinski definition) is 1. The molecule has 1 unspecified atom stereocenters. The van der Waals surface area contributed by atoms with Crippen molar-refractivity contribution in [3.63, 3.8) is 0 Å². The second-order valence-electron chi connectivity index (χ2n) is 4.59. The van der Waals surface area contributed by atoms with Crippen LogP contribution in [0.15, 0.2) is 0 Å². The highest BCUT2D eigenvalue weighted by Gasteiger charge is 2.25. The first-order chi connectivity index (χ1) is 7.20. The summed E-state index contributed by atoms with van der Waals surface area (Å²) in [5, 5.41) is 12.3. The van der Waals surface area contributed by atoms with Crippen molar-refractivity contribution in [3.05, 3.63) is 0 Å². The van der Waals surface area contributed by atoms with E-state index in [1.807, 2.05) is 6.92 Å². The van der Waals surface area contributed by atoms with E-state index < -0.39 is 5.54 Å². The van der Waals surface area contributed by atoms with Crippen LogP contribution in [0.3, 0.4) is 0 Å². The van der Waals surface area contributed by atoms with E-state index in [0.717, 1.165) is 25.8 Å². The second kappa shape index (κ2) is 6.09. The van der Waals surface area contributed by atoms with E-state index in [-0.39, 0.29) is 0 Å². The zero-order valence-corrected chi connectivity index (χ0v) is 9.88. The molecule has 0 aliphatic heterocycles. The molecule has 0 bridgehead atoms. The Hall–Kier alpha value is -0.590. The summed E-state index contributed by atoms with van der Waals surface area (Å²) in [5.74, 6) is 0. The Kier molecular flexibility index (Phi) is 5.07. The van der Waals surface area contributed by atoms with E-state index in [9.17, 15) is 0 Å². The Morgan fingerprint density at radius 3 is 2.67 bits per heavy atom. The van der Waals surface area contributed by atoms with Crippen LogP contribution in [-0.4, -0.2) is 24.8 Å². The normalized spacial score (nSPS) is 21.1. The van der Waals surface area contributed by atoms with Gasteiger partial charge in [-0.05, 0) is 32.7 Å². The van der Waals surface area contributed by atoms with Crippen molar-refractivity contribution in [2.75, 3.05) is 13.2 Å². The summed E-state index contributed by atoms with van der Waals surface area (Å²) in [7, 11) is 0. The van der Waals surface area contributed by atoms with Gasteiger partial charge in [-0.15, -0.1) is 0 Å². The SMILES string of the molecule is CCCNC(C)(C#N)COC1CCCC1. The molecule has 1 saturated carbocycles. The molecule has 0 aromatic heterocycles. The molecule has 86 valence electrons. The zero-order valence-electron chi connectivity index (χ0n) is 9.88. The first-order valence-electron chi connectivity index (χ1n) is 5.98. The van der Waals surface area contributed by atoms with Gasteiger partial charge < -0.3 is 4.74 Å². The molecule has 0 heterocycles. The third kappa shape index (κ3) is 4.19. The van der Waals surface area contributed by atoms with Gasteiger partial charge in [-0.2, -0.15) is 5.26 Å². The van der Waals surface area contributed by atoms with Gasteiger partial charge >= 0.3 is 0 Å². The van der Waals surface area contributed by atoms with Gasteiger partial charge in [0.2, 0.25) is 0 Å². The van der Waals surface area contributed by atoms with Crippen molar-refractivity contribution in [2.24, 2.45) is 0 Å². The fraction of sp³-hybridized carbons (Fsp3) is 0.917. The Balaban J connectivity index is 2.28. The lowest BCUT2D eigenvalue weighted by Crippen LogP contribution is -2.46. The van der Waals surface area contributed by atoms with E-state index in [1.165, 1.54) is 12.8 Å². The highest BCUT2D eigenvalue weighted by molar-refractivity contribution is 5.04. The maximum Gasteiger partial charge on any atom is 0.127 e. The van der Waals surface area contributed by atoms with E-state index in [1.54, 1.807) is 0 Å². The molecule has 1 atom stereocenters. The number of nitrogens with one attached hydrogen (secondary N) is 1. The first-order valence-corrected chi connectivity index (χ1v) is 5.98. The maximum atomic E-state index is 9.09. The number of ether oxygens (including phenoxy) is 1. The van der Waals surface area contributed by atoms with Crippen molar-refractivity contribution < 1.29 is 4.74 Å². The fourth-order valence-corrected chi connectivity index (χ4v) is 1.86. The molecule has 1 N–H and O–H groups in total. The van der Waals surface area contributed by atoms with Gasteiger partial charge in [0.15, 0.2) is 0 Å². The van der Waals surface area contributed by atoms with Gasteiger partial charge in [0.05, 0.1) is 18.8 Å². The number of rotatable bonds is 6. The Labute approximate surface area is 92.8 Å². The molecule has 0 radical (unpaired) electrons. The summed E-state index contributed by atoms with van der Waals surface area (Å²) in [6, 6.07) is 2.30. The molecule has 0 aromatic carbocycles. The van der Waals surface area contributed by atoms with Gasteiger partial charge in [-0.25, -0.2) is 0 Å². The summed E-state index contributed by atoms with van der Waals surface area (Å²) < 4.78 is 5.77. The van der Waals surface area contributed by atoms with Gasteiger partial charge in [-0.3, -0.25) is 5.32 Å². The Bertz CT molecular complexity index is 218. The molecule has 3 heteroatoms. The predicted molar refractivity (Wildman–Crippen MR) is 60.5 cm³/mol. The Morgan fingerprint density at radius 2 is 2.13 bits per heavy atom. The maximum absolute atomic E-state index is 9.09. The van der Waals surface area contributed by atoms with Crippen LogP contribution in [0.5, 0.6) is 0 Å². The summed E-state index contributed by atoms with van der Waals surface area (Å²) in [6.07, 6.45) is 6.30. The third-order valence-corrected chi connectivity index (χ3v) is 2.92. The minimum absolute atomic E-state index is 0.390. The van der Waals surface area contributed by atoms with Crippen molar-refractivity contribution >= 4 is 0 Å². The summed E-state index contributed by atoms with van der Waals surface area (Å²) in [5.41, 5.74) is -0.515. The van der Waals surface area contributed by atoms with E-state index in [0.29, 0.717) is 12.7 Å². The van der Waals surface area contributed by atoms with Crippen LogP contribution in [0.1, 0.15) is 46.0 Å².